The molecule has 0 radical (unpaired) electrons. The zero-order valence-electron chi connectivity index (χ0n) is 32.5. The second-order valence-corrected chi connectivity index (χ2v) is 18.2. The van der Waals surface area contributed by atoms with Crippen molar-refractivity contribution in [1.29, 1.82) is 0 Å². The summed E-state index contributed by atoms with van der Waals surface area (Å²) in [5.41, 5.74) is -0.554. The van der Waals surface area contributed by atoms with E-state index in [2.05, 4.69) is 19.2 Å². The van der Waals surface area contributed by atoms with E-state index in [1.807, 2.05) is 27.7 Å². The molecule has 52 heavy (non-hydrogen) atoms. The molecular weight excluding hydrogens is 664 g/mol. The fourth-order valence-corrected chi connectivity index (χ4v) is 8.82. The van der Waals surface area contributed by atoms with E-state index in [0.29, 0.717) is 19.6 Å². The van der Waals surface area contributed by atoms with E-state index in [0.717, 1.165) is 44.9 Å². The number of piperidine rings is 1. The van der Waals surface area contributed by atoms with Crippen molar-refractivity contribution in [3.8, 4) is 0 Å². The van der Waals surface area contributed by atoms with Gasteiger partial charge in [0.15, 0.2) is 5.78 Å². The summed E-state index contributed by atoms with van der Waals surface area (Å²) in [6.07, 6.45) is 5.71. The topological polar surface area (TPSA) is 150 Å². The summed E-state index contributed by atoms with van der Waals surface area (Å²) < 4.78 is 6.25. The number of rotatable bonds is 9. The van der Waals surface area contributed by atoms with Crippen LogP contribution >= 0.6 is 0 Å². The summed E-state index contributed by atoms with van der Waals surface area (Å²) in [6, 6.07) is -0.697. The van der Waals surface area contributed by atoms with Gasteiger partial charge in [-0.25, -0.2) is 0 Å². The van der Waals surface area contributed by atoms with E-state index in [9.17, 15) is 33.6 Å². The number of carbonyl (C=O) groups is 7. The highest BCUT2D eigenvalue weighted by Gasteiger charge is 2.69. The molecule has 0 spiro atoms. The Bertz CT molecular complexity index is 1400. The Hall–Kier alpha value is -2.99. The molecule has 3 heterocycles. The summed E-state index contributed by atoms with van der Waals surface area (Å²) in [5, 5.41) is 2.80. The number of ketones is 3. The van der Waals surface area contributed by atoms with Crippen LogP contribution in [0.1, 0.15) is 112 Å². The van der Waals surface area contributed by atoms with Gasteiger partial charge in [0.05, 0.1) is 31.2 Å². The summed E-state index contributed by atoms with van der Waals surface area (Å²) in [7, 11) is 1.72. The van der Waals surface area contributed by atoms with Gasteiger partial charge < -0.3 is 15.0 Å². The molecule has 0 aromatic carbocycles. The Balaban J connectivity index is 1.36. The lowest BCUT2D eigenvalue weighted by molar-refractivity contribution is -0.152. The van der Waals surface area contributed by atoms with Crippen LogP contribution in [0.4, 0.5) is 0 Å². The van der Waals surface area contributed by atoms with Crippen molar-refractivity contribution >= 4 is 41.0 Å². The van der Waals surface area contributed by atoms with Crippen LogP contribution in [-0.2, 0) is 38.3 Å². The first-order valence-electron chi connectivity index (χ1n) is 19.7. The number of hydrogen-bond acceptors (Lipinski definition) is 9. The van der Waals surface area contributed by atoms with Gasteiger partial charge in [-0.1, -0.05) is 60.3 Å². The SMILES string of the molecule is C[C@@H]1OCCCCCCC[C@@H](C(=O)C(=O)NC2CC2)CC(=O)[C@@H]2[C@@H]3[C@H](CN2C(=O)[C@H]1CC(=O)C[C@H](CN1C(=O)CN(C)CC1=O)C(C)(C)C)C3(C)C. The number of amides is 4. The molecule has 2 aliphatic carbocycles. The molecule has 4 amide bonds. The van der Waals surface area contributed by atoms with Crippen LogP contribution in [0.5, 0.6) is 0 Å². The molecule has 0 aromatic heterocycles. The van der Waals surface area contributed by atoms with Crippen molar-refractivity contribution < 1.29 is 38.3 Å². The standard InChI is InChI=1S/C40H62N4O8/c1-24-29(19-28(45)18-26(39(2,3)4)20-43-32(47)22-42(7)23-33(43)48)38(51)44-21-30-34(40(30,5)6)35(44)31(46)17-25(13-11-9-8-10-12-16-52-24)36(49)37(50)41-27-14-15-27/h24-27,29-30,34-35H,8-23H2,1-7H3,(H,41,50)/t24-,25+,26+,29-,30-,34-,35+/m0/s1. The normalized spacial score (nSPS) is 31.5. The molecule has 2 saturated carbocycles. The van der Waals surface area contributed by atoms with Gasteiger partial charge in [-0.3, -0.25) is 43.4 Å². The Morgan fingerprint density at radius 2 is 1.58 bits per heavy atom. The largest absolute Gasteiger partial charge is 0.378 e. The summed E-state index contributed by atoms with van der Waals surface area (Å²) in [5.74, 6) is -4.18. The van der Waals surface area contributed by atoms with E-state index in [4.69, 9.17) is 4.74 Å². The Morgan fingerprint density at radius 1 is 0.942 bits per heavy atom. The molecule has 12 heteroatoms. The van der Waals surface area contributed by atoms with Gasteiger partial charge in [0.1, 0.15) is 5.78 Å². The van der Waals surface area contributed by atoms with E-state index >= 15 is 0 Å². The molecule has 5 rings (SSSR count). The van der Waals surface area contributed by atoms with Gasteiger partial charge >= 0.3 is 0 Å². The number of carbonyl (C=O) groups excluding carboxylic acids is 7. The highest BCUT2D eigenvalue weighted by molar-refractivity contribution is 6.37. The third-order valence-electron chi connectivity index (χ3n) is 12.7. The molecule has 0 aromatic rings. The highest BCUT2D eigenvalue weighted by Crippen LogP contribution is 2.65. The first-order chi connectivity index (χ1) is 24.4. The van der Waals surface area contributed by atoms with Gasteiger partial charge in [-0.05, 0) is 68.2 Å². The fraction of sp³-hybridized carbons (Fsp3) is 0.825. The van der Waals surface area contributed by atoms with Crippen molar-refractivity contribution in [1.82, 2.24) is 20.0 Å². The predicted octanol–water partition coefficient (Wildman–Crippen LogP) is 3.58. The smallest absolute Gasteiger partial charge is 0.287 e. The minimum Gasteiger partial charge on any atom is -0.378 e. The van der Waals surface area contributed by atoms with Crippen LogP contribution in [0.2, 0.25) is 0 Å². The molecule has 12 nitrogen and oxygen atoms in total. The maximum absolute atomic E-state index is 14.7. The lowest BCUT2D eigenvalue weighted by Gasteiger charge is -2.38. The number of nitrogens with one attached hydrogen (secondary N) is 1. The molecular formula is C40H62N4O8. The first-order valence-corrected chi connectivity index (χ1v) is 19.7. The molecule has 0 unspecified atom stereocenters. The fourth-order valence-electron chi connectivity index (χ4n) is 8.82. The number of imide groups is 1. The number of fused-ring (bicyclic) bond motifs is 3. The summed E-state index contributed by atoms with van der Waals surface area (Å²) in [6.45, 7) is 13.2. The highest BCUT2D eigenvalue weighted by atomic mass is 16.5. The molecule has 290 valence electrons. The number of hydrogen-bond donors (Lipinski definition) is 1. The quantitative estimate of drug-likeness (QED) is 0.278. The summed E-state index contributed by atoms with van der Waals surface area (Å²) in [4.78, 5) is 99.5. The third-order valence-corrected chi connectivity index (χ3v) is 12.7. The van der Waals surface area contributed by atoms with Crippen molar-refractivity contribution in [3.63, 3.8) is 0 Å². The molecule has 5 aliphatic rings. The number of Topliss-reactive ketones (excluding diaryl/α,β-unsaturated/α-hetero) is 3. The van der Waals surface area contributed by atoms with Crippen LogP contribution in [-0.4, -0.2) is 114 Å². The second kappa shape index (κ2) is 16.2. The number of nitrogens with zero attached hydrogens (tertiary/aromatic N) is 3. The molecule has 1 N–H and O–H groups in total. The van der Waals surface area contributed by atoms with Gasteiger partial charge in [0, 0.05) is 50.9 Å². The van der Waals surface area contributed by atoms with E-state index in [-0.39, 0.29) is 97.4 Å². The van der Waals surface area contributed by atoms with Crippen LogP contribution < -0.4 is 5.32 Å². The molecule has 5 fully saturated rings. The van der Waals surface area contributed by atoms with Crippen LogP contribution in [0.3, 0.4) is 0 Å². The van der Waals surface area contributed by atoms with Gasteiger partial charge in [-0.15, -0.1) is 0 Å². The van der Waals surface area contributed by atoms with Crippen LogP contribution in [0.25, 0.3) is 0 Å². The minimum atomic E-state index is -0.828. The zero-order chi connectivity index (χ0) is 38.1. The molecule has 7 atom stereocenters. The summed E-state index contributed by atoms with van der Waals surface area (Å²) >= 11 is 0. The van der Waals surface area contributed by atoms with Crippen molar-refractivity contribution in [2.75, 3.05) is 39.8 Å². The average Bonchev–Trinajstić information content (AvgIpc) is 3.90. The molecule has 0 bridgehead atoms. The minimum absolute atomic E-state index is 0.0357. The number of piperazine rings is 1. The lowest BCUT2D eigenvalue weighted by atomic mass is 9.76. The zero-order valence-corrected chi connectivity index (χ0v) is 32.5. The third kappa shape index (κ3) is 9.38. The van der Waals surface area contributed by atoms with E-state index < -0.39 is 41.1 Å². The first kappa shape index (κ1) is 40.2. The number of ether oxygens (including phenoxy) is 1. The van der Waals surface area contributed by atoms with Gasteiger partial charge in [0.25, 0.3) is 5.91 Å². The van der Waals surface area contributed by atoms with Crippen molar-refractivity contribution in [2.24, 2.45) is 40.4 Å². The maximum Gasteiger partial charge on any atom is 0.287 e. The Morgan fingerprint density at radius 3 is 2.21 bits per heavy atom. The maximum atomic E-state index is 14.7. The van der Waals surface area contributed by atoms with Crippen LogP contribution in [0.15, 0.2) is 0 Å². The predicted molar refractivity (Wildman–Crippen MR) is 194 cm³/mol. The van der Waals surface area contributed by atoms with E-state index in [1.165, 1.54) is 4.90 Å². The average molecular weight is 727 g/mol. The number of likely N-dealkylation sites (N-methyl/N-ethyl adjacent to an activating group) is 1. The molecule has 3 saturated heterocycles. The second-order valence-electron chi connectivity index (χ2n) is 18.2. The Kier molecular flexibility index (Phi) is 12.5. The van der Waals surface area contributed by atoms with Crippen LogP contribution in [0, 0.1) is 40.4 Å². The van der Waals surface area contributed by atoms with Gasteiger partial charge in [0.2, 0.25) is 23.5 Å². The van der Waals surface area contributed by atoms with Crippen molar-refractivity contribution in [2.45, 2.75) is 130 Å². The Labute approximate surface area is 309 Å². The van der Waals surface area contributed by atoms with Gasteiger partial charge in [-0.2, -0.15) is 0 Å². The van der Waals surface area contributed by atoms with E-state index in [1.54, 1.807) is 16.8 Å². The lowest BCUT2D eigenvalue weighted by Crippen LogP contribution is -2.55. The monoisotopic (exact) mass is 726 g/mol. The molecule has 3 aliphatic heterocycles. The van der Waals surface area contributed by atoms with Crippen molar-refractivity contribution in [3.05, 3.63) is 0 Å².